The van der Waals surface area contributed by atoms with Crippen molar-refractivity contribution in [2.75, 3.05) is 44.6 Å². The fourth-order valence-corrected chi connectivity index (χ4v) is 2.72. The largest absolute Gasteiger partial charge is 0.395 e. The fourth-order valence-electron chi connectivity index (χ4n) is 2.25. The molecule has 0 saturated carbocycles. The van der Waals surface area contributed by atoms with Crippen molar-refractivity contribution in [2.24, 2.45) is 0 Å². The summed E-state index contributed by atoms with van der Waals surface area (Å²) in [6, 6.07) is 5.77. The summed E-state index contributed by atoms with van der Waals surface area (Å²) in [7, 11) is 0. The van der Waals surface area contributed by atoms with E-state index in [9.17, 15) is 0 Å². The van der Waals surface area contributed by atoms with Gasteiger partial charge in [0.2, 0.25) is 0 Å². The monoisotopic (exact) mass is 313 g/mol. The van der Waals surface area contributed by atoms with E-state index in [0.29, 0.717) is 0 Å². The molecule has 110 valence electrons. The summed E-state index contributed by atoms with van der Waals surface area (Å²) >= 11 is 11.6. The molecule has 0 atom stereocenters. The SMILES string of the molecule is Cc1c(Cl)cccc1NC(=S)N1CCN(CCO)CC1. The topological polar surface area (TPSA) is 38.7 Å². The van der Waals surface area contributed by atoms with Gasteiger partial charge in [0, 0.05) is 43.4 Å². The first-order valence-electron chi connectivity index (χ1n) is 6.76. The summed E-state index contributed by atoms with van der Waals surface area (Å²) in [5.74, 6) is 0. The van der Waals surface area contributed by atoms with Gasteiger partial charge in [0.05, 0.1) is 6.61 Å². The molecule has 2 N–H and O–H groups in total. The number of hydrogen-bond donors (Lipinski definition) is 2. The molecule has 1 aliphatic rings. The zero-order valence-corrected chi connectivity index (χ0v) is 13.2. The molecule has 20 heavy (non-hydrogen) atoms. The summed E-state index contributed by atoms with van der Waals surface area (Å²) in [6.07, 6.45) is 0. The van der Waals surface area contributed by atoms with Crippen LogP contribution in [0, 0.1) is 6.92 Å². The number of hydrogen-bond acceptors (Lipinski definition) is 3. The molecule has 0 radical (unpaired) electrons. The highest BCUT2D eigenvalue weighted by atomic mass is 35.5. The van der Waals surface area contributed by atoms with Gasteiger partial charge in [-0.1, -0.05) is 17.7 Å². The maximum Gasteiger partial charge on any atom is 0.173 e. The van der Waals surface area contributed by atoms with Gasteiger partial charge in [-0.2, -0.15) is 0 Å². The van der Waals surface area contributed by atoms with E-state index in [2.05, 4.69) is 15.1 Å². The van der Waals surface area contributed by atoms with E-state index in [1.807, 2.05) is 25.1 Å². The fraction of sp³-hybridized carbons (Fsp3) is 0.500. The summed E-state index contributed by atoms with van der Waals surface area (Å²) in [5.41, 5.74) is 1.97. The van der Waals surface area contributed by atoms with Gasteiger partial charge < -0.3 is 15.3 Å². The van der Waals surface area contributed by atoms with E-state index in [0.717, 1.165) is 54.1 Å². The lowest BCUT2D eigenvalue weighted by Crippen LogP contribution is -2.50. The Hall–Kier alpha value is -0.880. The summed E-state index contributed by atoms with van der Waals surface area (Å²) in [5, 5.41) is 13.7. The van der Waals surface area contributed by atoms with Gasteiger partial charge in [-0.25, -0.2) is 0 Å². The third-order valence-electron chi connectivity index (χ3n) is 3.59. The number of piperazine rings is 1. The Bertz CT molecular complexity index is 475. The lowest BCUT2D eigenvalue weighted by molar-refractivity contribution is 0.148. The quantitative estimate of drug-likeness (QED) is 0.835. The minimum Gasteiger partial charge on any atom is -0.395 e. The first kappa shape index (κ1) is 15.5. The minimum atomic E-state index is 0.213. The Kier molecular flexibility index (Phi) is 5.60. The van der Waals surface area contributed by atoms with Crippen LogP contribution in [0.25, 0.3) is 0 Å². The second-order valence-corrected chi connectivity index (χ2v) is 5.69. The van der Waals surface area contributed by atoms with Crippen LogP contribution < -0.4 is 5.32 Å². The molecule has 1 aromatic rings. The van der Waals surface area contributed by atoms with Crippen LogP contribution in [0.3, 0.4) is 0 Å². The predicted octanol–water partition coefficient (Wildman–Crippen LogP) is 1.96. The van der Waals surface area contributed by atoms with E-state index < -0.39 is 0 Å². The lowest BCUT2D eigenvalue weighted by Gasteiger charge is -2.36. The summed E-state index contributed by atoms with van der Waals surface area (Å²) in [6.45, 7) is 6.54. The molecule has 0 amide bonds. The second-order valence-electron chi connectivity index (χ2n) is 4.89. The van der Waals surface area contributed by atoms with Crippen LogP contribution in [0.1, 0.15) is 5.56 Å². The number of nitrogens with one attached hydrogen (secondary N) is 1. The molecule has 1 saturated heterocycles. The Morgan fingerprint density at radius 3 is 2.70 bits per heavy atom. The first-order valence-corrected chi connectivity index (χ1v) is 7.54. The zero-order valence-electron chi connectivity index (χ0n) is 11.6. The highest BCUT2D eigenvalue weighted by Gasteiger charge is 2.18. The number of β-amino-alcohol motifs (C(OH)–C–C–N with tert-alkyl or cyclic N) is 1. The Labute approximate surface area is 130 Å². The maximum absolute atomic E-state index is 8.94. The lowest BCUT2D eigenvalue weighted by atomic mass is 10.2. The van der Waals surface area contributed by atoms with Gasteiger partial charge in [-0.05, 0) is 36.8 Å². The van der Waals surface area contributed by atoms with Crippen molar-refractivity contribution in [3.63, 3.8) is 0 Å². The van der Waals surface area contributed by atoms with E-state index in [1.165, 1.54) is 0 Å². The molecule has 1 fully saturated rings. The van der Waals surface area contributed by atoms with Crippen LogP contribution in [0.4, 0.5) is 5.69 Å². The first-order chi connectivity index (χ1) is 9.61. The van der Waals surface area contributed by atoms with Crippen molar-refractivity contribution in [3.8, 4) is 0 Å². The molecule has 2 rings (SSSR count). The third kappa shape index (κ3) is 3.82. The average Bonchev–Trinajstić information content (AvgIpc) is 2.45. The number of nitrogens with zero attached hydrogens (tertiary/aromatic N) is 2. The number of thiocarbonyl (C=S) groups is 1. The van der Waals surface area contributed by atoms with Crippen molar-refractivity contribution in [1.29, 1.82) is 0 Å². The van der Waals surface area contributed by atoms with Gasteiger partial charge in [0.25, 0.3) is 0 Å². The van der Waals surface area contributed by atoms with Crippen LogP contribution in [-0.2, 0) is 0 Å². The number of rotatable bonds is 3. The maximum atomic E-state index is 8.94. The van der Waals surface area contributed by atoms with Crippen molar-refractivity contribution >= 4 is 34.6 Å². The third-order valence-corrected chi connectivity index (χ3v) is 4.35. The molecule has 1 heterocycles. The zero-order chi connectivity index (χ0) is 14.5. The average molecular weight is 314 g/mol. The van der Waals surface area contributed by atoms with Crippen molar-refractivity contribution in [3.05, 3.63) is 28.8 Å². The molecule has 1 aromatic carbocycles. The smallest absolute Gasteiger partial charge is 0.173 e. The second kappa shape index (κ2) is 7.22. The number of halogens is 1. The summed E-state index contributed by atoms with van der Waals surface area (Å²) < 4.78 is 0. The van der Waals surface area contributed by atoms with Crippen LogP contribution in [0.15, 0.2) is 18.2 Å². The molecule has 0 spiro atoms. The van der Waals surface area contributed by atoms with Gasteiger partial charge in [0.1, 0.15) is 0 Å². The van der Waals surface area contributed by atoms with Gasteiger partial charge >= 0.3 is 0 Å². The highest BCUT2D eigenvalue weighted by molar-refractivity contribution is 7.80. The van der Waals surface area contributed by atoms with E-state index in [4.69, 9.17) is 28.9 Å². The van der Waals surface area contributed by atoms with Crippen LogP contribution in [0.2, 0.25) is 5.02 Å². The van der Waals surface area contributed by atoms with Crippen molar-refractivity contribution in [2.45, 2.75) is 6.92 Å². The van der Waals surface area contributed by atoms with Gasteiger partial charge in [-0.15, -0.1) is 0 Å². The van der Waals surface area contributed by atoms with E-state index in [1.54, 1.807) is 0 Å². The van der Waals surface area contributed by atoms with Gasteiger partial charge in [-0.3, -0.25) is 4.90 Å². The van der Waals surface area contributed by atoms with Crippen LogP contribution in [0.5, 0.6) is 0 Å². The van der Waals surface area contributed by atoms with E-state index in [-0.39, 0.29) is 6.61 Å². The molecular formula is C14H20ClN3OS. The Morgan fingerprint density at radius 1 is 1.35 bits per heavy atom. The summed E-state index contributed by atoms with van der Waals surface area (Å²) in [4.78, 5) is 4.40. The Morgan fingerprint density at radius 2 is 2.05 bits per heavy atom. The van der Waals surface area contributed by atoms with Crippen molar-refractivity contribution < 1.29 is 5.11 Å². The Balaban J connectivity index is 1.91. The van der Waals surface area contributed by atoms with E-state index >= 15 is 0 Å². The number of aliphatic hydroxyl groups excluding tert-OH is 1. The minimum absolute atomic E-state index is 0.213. The number of aliphatic hydroxyl groups is 1. The molecule has 6 heteroatoms. The number of anilines is 1. The molecule has 0 aliphatic carbocycles. The van der Waals surface area contributed by atoms with Crippen LogP contribution in [-0.4, -0.2) is 59.3 Å². The molecular weight excluding hydrogens is 294 g/mol. The molecule has 1 aliphatic heterocycles. The van der Waals surface area contributed by atoms with Crippen LogP contribution >= 0.6 is 23.8 Å². The molecule has 4 nitrogen and oxygen atoms in total. The molecule has 0 bridgehead atoms. The van der Waals surface area contributed by atoms with Crippen molar-refractivity contribution in [1.82, 2.24) is 9.80 Å². The normalized spacial score (nSPS) is 16.2. The predicted molar refractivity (Wildman–Crippen MR) is 87.5 cm³/mol. The molecule has 0 unspecified atom stereocenters. The standard InChI is InChI=1S/C14H20ClN3OS/c1-11-12(15)3-2-4-13(11)16-14(20)18-7-5-17(6-8-18)9-10-19/h2-4,19H,5-10H2,1H3,(H,16,20). The number of benzene rings is 1. The van der Waals surface area contributed by atoms with Gasteiger partial charge in [0.15, 0.2) is 5.11 Å². The molecule has 0 aromatic heterocycles. The highest BCUT2D eigenvalue weighted by Crippen LogP contribution is 2.23.